The molecule has 114 valence electrons. The van der Waals surface area contributed by atoms with Crippen molar-refractivity contribution in [2.45, 2.75) is 31.8 Å². The number of hydrogen-bond donors (Lipinski definition) is 1. The van der Waals surface area contributed by atoms with Gasteiger partial charge in [-0.3, -0.25) is 4.79 Å². The number of aromatic nitrogens is 2. The van der Waals surface area contributed by atoms with Crippen molar-refractivity contribution in [3.05, 3.63) is 47.7 Å². The highest BCUT2D eigenvalue weighted by Gasteiger charge is 2.27. The summed E-state index contributed by atoms with van der Waals surface area (Å²) in [6.07, 6.45) is 3.44. The molecule has 1 aromatic carbocycles. The Morgan fingerprint density at radius 3 is 2.64 bits per heavy atom. The number of nitrogens with zero attached hydrogens (tertiary/aromatic N) is 3. The number of piperidine rings is 1. The first-order chi connectivity index (χ1) is 10.8. The lowest BCUT2D eigenvalue weighted by molar-refractivity contribution is 0.0717. The molecule has 1 aromatic heterocycles. The lowest BCUT2D eigenvalue weighted by atomic mass is 10.1. The quantitative estimate of drug-likeness (QED) is 0.927. The molecule has 1 saturated heterocycles. The molecule has 2 aromatic rings. The molecule has 1 amide bonds. The van der Waals surface area contributed by atoms with Crippen LogP contribution in [0.2, 0.25) is 0 Å². The molecule has 4 rings (SSSR count). The molecule has 0 radical (unpaired) electrons. The van der Waals surface area contributed by atoms with Crippen LogP contribution in [0.15, 0.2) is 36.4 Å². The van der Waals surface area contributed by atoms with E-state index in [1.807, 2.05) is 33.8 Å². The molecule has 2 aliphatic rings. The summed E-state index contributed by atoms with van der Waals surface area (Å²) in [4.78, 5) is 14.4. The van der Waals surface area contributed by atoms with Crippen molar-refractivity contribution in [3.63, 3.8) is 0 Å². The number of benzene rings is 1. The summed E-state index contributed by atoms with van der Waals surface area (Å²) < 4.78 is 1.91. The van der Waals surface area contributed by atoms with E-state index >= 15 is 0 Å². The Bertz CT molecular complexity index is 650. The number of amides is 1. The Kier molecular flexibility index (Phi) is 3.33. The Morgan fingerprint density at radius 2 is 1.91 bits per heavy atom. The number of likely N-dealkylation sites (tertiary alicyclic amines) is 1. The lowest BCUT2D eigenvalue weighted by Crippen LogP contribution is -2.35. The molecule has 1 atom stereocenters. The minimum absolute atomic E-state index is 0.0691. The van der Waals surface area contributed by atoms with Crippen molar-refractivity contribution in [2.24, 2.45) is 0 Å². The smallest absolute Gasteiger partial charge is 0.274 e. The summed E-state index contributed by atoms with van der Waals surface area (Å²) in [5, 5.41) is 7.96. The van der Waals surface area contributed by atoms with Gasteiger partial charge in [0.2, 0.25) is 0 Å². The summed E-state index contributed by atoms with van der Waals surface area (Å²) in [6, 6.07) is 12.5. The Labute approximate surface area is 129 Å². The summed E-state index contributed by atoms with van der Waals surface area (Å²) >= 11 is 0. The minimum Gasteiger partial charge on any atom is -0.362 e. The molecular formula is C17H20N4O. The van der Waals surface area contributed by atoms with Gasteiger partial charge in [-0.2, -0.15) is 5.10 Å². The molecule has 0 spiro atoms. The van der Waals surface area contributed by atoms with E-state index < -0.39 is 0 Å². The van der Waals surface area contributed by atoms with Crippen LogP contribution in [0.1, 0.15) is 41.4 Å². The number of fused-ring (bicyclic) bond motifs is 1. The fourth-order valence-corrected chi connectivity index (χ4v) is 3.31. The minimum atomic E-state index is 0.0691. The van der Waals surface area contributed by atoms with E-state index in [4.69, 9.17) is 0 Å². The maximum atomic E-state index is 12.5. The second-order valence-electron chi connectivity index (χ2n) is 6.06. The van der Waals surface area contributed by atoms with Gasteiger partial charge < -0.3 is 10.2 Å². The van der Waals surface area contributed by atoms with Crippen molar-refractivity contribution in [1.82, 2.24) is 14.7 Å². The molecule has 5 nitrogen and oxygen atoms in total. The van der Waals surface area contributed by atoms with E-state index in [2.05, 4.69) is 22.5 Å². The van der Waals surface area contributed by atoms with Crippen LogP contribution in [0, 0.1) is 0 Å². The number of rotatable bonds is 2. The normalized spacial score (nSPS) is 20.5. The van der Waals surface area contributed by atoms with Crippen LogP contribution in [0.4, 0.5) is 5.82 Å². The van der Waals surface area contributed by atoms with E-state index in [0.717, 1.165) is 38.3 Å². The van der Waals surface area contributed by atoms with E-state index in [1.165, 1.54) is 12.0 Å². The zero-order chi connectivity index (χ0) is 14.9. The second-order valence-corrected chi connectivity index (χ2v) is 6.06. The Morgan fingerprint density at radius 1 is 1.14 bits per heavy atom. The molecule has 5 heteroatoms. The SMILES string of the molecule is O=C(c1cc2n(n1)CC(c1ccccc1)N2)N1CCCCC1. The molecule has 22 heavy (non-hydrogen) atoms. The van der Waals surface area contributed by atoms with Gasteiger partial charge in [0.15, 0.2) is 5.69 Å². The first kappa shape index (κ1) is 13.4. The first-order valence-corrected chi connectivity index (χ1v) is 8.00. The molecule has 0 bridgehead atoms. The van der Waals surface area contributed by atoms with Gasteiger partial charge in [-0.25, -0.2) is 4.68 Å². The fraction of sp³-hybridized carbons (Fsp3) is 0.412. The average molecular weight is 296 g/mol. The van der Waals surface area contributed by atoms with Crippen LogP contribution in [-0.2, 0) is 6.54 Å². The molecule has 0 aliphatic carbocycles. The third-order valence-corrected chi connectivity index (χ3v) is 4.52. The standard InChI is InChI=1S/C17H20N4O/c22-17(20-9-5-2-6-10-20)14-11-16-18-15(12-21(16)19-14)13-7-3-1-4-8-13/h1,3-4,7-8,11,15,18H,2,5-6,9-10,12H2. The van der Waals surface area contributed by atoms with Gasteiger partial charge in [-0.1, -0.05) is 30.3 Å². The predicted molar refractivity (Wildman–Crippen MR) is 84.8 cm³/mol. The third-order valence-electron chi connectivity index (χ3n) is 4.52. The molecule has 1 N–H and O–H groups in total. The third kappa shape index (κ3) is 2.36. The monoisotopic (exact) mass is 296 g/mol. The summed E-state index contributed by atoms with van der Waals surface area (Å²) in [7, 11) is 0. The number of carbonyl (C=O) groups excluding carboxylic acids is 1. The topological polar surface area (TPSA) is 50.2 Å². The Hall–Kier alpha value is -2.30. The zero-order valence-electron chi connectivity index (χ0n) is 12.5. The van der Waals surface area contributed by atoms with Crippen LogP contribution < -0.4 is 5.32 Å². The van der Waals surface area contributed by atoms with E-state index in [9.17, 15) is 4.79 Å². The van der Waals surface area contributed by atoms with Gasteiger partial charge in [0.1, 0.15) is 5.82 Å². The first-order valence-electron chi connectivity index (χ1n) is 8.00. The van der Waals surface area contributed by atoms with Crippen molar-refractivity contribution < 1.29 is 4.79 Å². The van der Waals surface area contributed by atoms with Gasteiger partial charge in [0, 0.05) is 19.2 Å². The van der Waals surface area contributed by atoms with Crippen LogP contribution in [0.25, 0.3) is 0 Å². The van der Waals surface area contributed by atoms with Crippen molar-refractivity contribution in [3.8, 4) is 0 Å². The molecule has 2 aliphatic heterocycles. The van der Waals surface area contributed by atoms with E-state index in [0.29, 0.717) is 5.69 Å². The van der Waals surface area contributed by atoms with Crippen LogP contribution in [0.3, 0.4) is 0 Å². The summed E-state index contributed by atoms with van der Waals surface area (Å²) in [5.41, 5.74) is 1.81. The van der Waals surface area contributed by atoms with Crippen molar-refractivity contribution in [2.75, 3.05) is 18.4 Å². The van der Waals surface area contributed by atoms with E-state index in [-0.39, 0.29) is 11.9 Å². The van der Waals surface area contributed by atoms with Gasteiger partial charge in [0.05, 0.1) is 12.6 Å². The molecule has 1 fully saturated rings. The van der Waals surface area contributed by atoms with Crippen LogP contribution in [0.5, 0.6) is 0 Å². The number of carbonyl (C=O) groups is 1. The number of nitrogens with one attached hydrogen (secondary N) is 1. The van der Waals surface area contributed by atoms with Crippen LogP contribution >= 0.6 is 0 Å². The summed E-state index contributed by atoms with van der Waals surface area (Å²) in [6.45, 7) is 2.49. The number of hydrogen-bond acceptors (Lipinski definition) is 3. The van der Waals surface area contributed by atoms with Crippen molar-refractivity contribution in [1.29, 1.82) is 0 Å². The van der Waals surface area contributed by atoms with Gasteiger partial charge in [0.25, 0.3) is 5.91 Å². The predicted octanol–water partition coefficient (Wildman–Crippen LogP) is 2.68. The Balaban J connectivity index is 1.49. The highest BCUT2D eigenvalue weighted by molar-refractivity contribution is 5.93. The highest BCUT2D eigenvalue weighted by atomic mass is 16.2. The van der Waals surface area contributed by atoms with Gasteiger partial charge in [-0.15, -0.1) is 0 Å². The fourth-order valence-electron chi connectivity index (χ4n) is 3.31. The molecule has 3 heterocycles. The van der Waals surface area contributed by atoms with Gasteiger partial charge in [-0.05, 0) is 24.8 Å². The largest absolute Gasteiger partial charge is 0.362 e. The maximum Gasteiger partial charge on any atom is 0.274 e. The second kappa shape index (κ2) is 5.48. The summed E-state index contributed by atoms with van der Waals surface area (Å²) in [5.74, 6) is 1.01. The zero-order valence-corrected chi connectivity index (χ0v) is 12.5. The molecule has 1 unspecified atom stereocenters. The molecular weight excluding hydrogens is 276 g/mol. The number of anilines is 1. The van der Waals surface area contributed by atoms with E-state index in [1.54, 1.807) is 0 Å². The molecule has 0 saturated carbocycles. The van der Waals surface area contributed by atoms with Gasteiger partial charge >= 0.3 is 0 Å². The van der Waals surface area contributed by atoms with Crippen molar-refractivity contribution >= 4 is 11.7 Å². The average Bonchev–Trinajstić information content (AvgIpc) is 3.15. The maximum absolute atomic E-state index is 12.5. The lowest BCUT2D eigenvalue weighted by Gasteiger charge is -2.25. The van der Waals surface area contributed by atoms with Crippen LogP contribution in [-0.4, -0.2) is 33.7 Å². The highest BCUT2D eigenvalue weighted by Crippen LogP contribution is 2.29.